The van der Waals surface area contributed by atoms with E-state index in [1.807, 2.05) is 17.5 Å². The van der Waals surface area contributed by atoms with Gasteiger partial charge in [-0.15, -0.1) is 11.3 Å². The van der Waals surface area contributed by atoms with E-state index in [0.717, 1.165) is 9.18 Å². The second kappa shape index (κ2) is 10.9. The number of aliphatic hydroxyl groups is 1. The number of methoxy groups -OCH3 is 1. The predicted molar refractivity (Wildman–Crippen MR) is 117 cm³/mol. The van der Waals surface area contributed by atoms with Gasteiger partial charge in [0.15, 0.2) is 0 Å². The number of sulfonamides is 1. The van der Waals surface area contributed by atoms with Gasteiger partial charge in [-0.25, -0.2) is 13.2 Å². The van der Waals surface area contributed by atoms with Crippen molar-refractivity contribution < 1.29 is 37.6 Å². The molecule has 0 unspecified atom stereocenters. The quantitative estimate of drug-likeness (QED) is 0.499. The Balaban J connectivity index is 1.65. The van der Waals surface area contributed by atoms with Gasteiger partial charge >= 0.3 is 5.97 Å². The number of hydrogen-bond donors (Lipinski definition) is 2. The highest BCUT2D eigenvalue weighted by Gasteiger charge is 2.30. The highest BCUT2D eigenvalue weighted by molar-refractivity contribution is 7.89. The zero-order chi connectivity index (χ0) is 23.1. The number of carbonyl (C=O) groups is 1. The van der Waals surface area contributed by atoms with E-state index in [1.165, 1.54) is 30.6 Å². The van der Waals surface area contributed by atoms with Crippen LogP contribution in [-0.4, -0.2) is 68.6 Å². The first kappa shape index (κ1) is 24.2. The minimum Gasteiger partial charge on any atom is -0.497 e. The molecule has 32 heavy (non-hydrogen) atoms. The maximum absolute atomic E-state index is 13.0. The van der Waals surface area contributed by atoms with Gasteiger partial charge in [0, 0.05) is 30.3 Å². The van der Waals surface area contributed by atoms with Crippen LogP contribution in [-0.2, 0) is 24.3 Å². The Morgan fingerprint density at radius 1 is 1.25 bits per heavy atom. The lowest BCUT2D eigenvalue weighted by atomic mass is 10.00. The smallest absolute Gasteiger partial charge is 0.370 e. The third-order valence-corrected chi connectivity index (χ3v) is 7.78. The van der Waals surface area contributed by atoms with Crippen LogP contribution in [0.5, 0.6) is 5.75 Å². The van der Waals surface area contributed by atoms with E-state index in [-0.39, 0.29) is 42.9 Å². The highest BCUT2D eigenvalue weighted by atomic mass is 32.2. The van der Waals surface area contributed by atoms with Gasteiger partial charge < -0.3 is 24.4 Å². The molecule has 0 spiro atoms. The van der Waals surface area contributed by atoms with Crippen molar-refractivity contribution in [3.8, 4) is 5.75 Å². The molecule has 0 saturated carbocycles. The molecule has 0 bridgehead atoms. The molecule has 11 heteroatoms. The summed E-state index contributed by atoms with van der Waals surface area (Å²) in [7, 11) is -2.38. The van der Waals surface area contributed by atoms with E-state index < -0.39 is 22.3 Å². The number of benzene rings is 1. The Bertz CT molecular complexity index is 1020. The van der Waals surface area contributed by atoms with E-state index in [4.69, 9.17) is 14.2 Å². The van der Waals surface area contributed by atoms with Crippen LogP contribution in [0.25, 0.3) is 0 Å². The maximum Gasteiger partial charge on any atom is 0.370 e. The van der Waals surface area contributed by atoms with Gasteiger partial charge in [0.25, 0.3) is 0 Å². The van der Waals surface area contributed by atoms with Crippen LogP contribution in [0.4, 0.5) is 0 Å². The summed E-state index contributed by atoms with van der Waals surface area (Å²) in [6, 6.07) is 9.74. The molecule has 2 aromatic rings. The molecule has 2 N–H and O–H groups in total. The third kappa shape index (κ3) is 5.87. The largest absolute Gasteiger partial charge is 0.497 e. The second-order valence-electron chi connectivity index (χ2n) is 6.92. The van der Waals surface area contributed by atoms with Gasteiger partial charge in [-0.3, -0.25) is 0 Å². The number of carboxylic acid groups (broad SMARTS) is 1. The van der Waals surface area contributed by atoms with Crippen molar-refractivity contribution in [2.45, 2.75) is 23.5 Å². The summed E-state index contributed by atoms with van der Waals surface area (Å²) in [6.45, 7) is -0.544. The summed E-state index contributed by atoms with van der Waals surface area (Å²) in [5.74, 6) is -1.03. The molecule has 0 saturated heterocycles. The molecule has 0 radical (unpaired) electrons. The molecule has 1 aromatic heterocycles. The lowest BCUT2D eigenvalue weighted by molar-refractivity contribution is -0.157. The molecule has 1 aliphatic rings. The Morgan fingerprint density at radius 3 is 2.59 bits per heavy atom. The van der Waals surface area contributed by atoms with Crippen LogP contribution in [0.2, 0.25) is 0 Å². The number of carboxylic acids is 1. The number of aliphatic carboxylic acids is 1. The van der Waals surface area contributed by atoms with E-state index in [0.29, 0.717) is 12.2 Å². The Labute approximate surface area is 190 Å². The number of thiophene rings is 1. The van der Waals surface area contributed by atoms with Crippen LogP contribution in [0.1, 0.15) is 17.2 Å². The first-order chi connectivity index (χ1) is 15.3. The van der Waals surface area contributed by atoms with Gasteiger partial charge in [0.1, 0.15) is 5.75 Å². The fourth-order valence-electron chi connectivity index (χ4n) is 3.26. The molecule has 1 aliphatic heterocycles. The number of rotatable bonds is 11. The number of allylic oxidation sites excluding steroid dienone is 1. The maximum atomic E-state index is 13.0. The fraction of sp³-hybridized carbons (Fsp3) is 0.381. The monoisotopic (exact) mass is 483 g/mol. The van der Waals surface area contributed by atoms with Gasteiger partial charge in [-0.2, -0.15) is 4.31 Å². The Hall–Kier alpha value is -2.44. The highest BCUT2D eigenvalue weighted by Crippen LogP contribution is 2.33. The molecule has 0 fully saturated rings. The van der Waals surface area contributed by atoms with Crippen molar-refractivity contribution in [3.05, 3.63) is 58.5 Å². The van der Waals surface area contributed by atoms with Crippen LogP contribution in [0, 0.1) is 0 Å². The van der Waals surface area contributed by atoms with Crippen molar-refractivity contribution in [2.24, 2.45) is 0 Å². The average molecular weight is 484 g/mol. The lowest BCUT2D eigenvalue weighted by Gasteiger charge is -2.28. The van der Waals surface area contributed by atoms with Gasteiger partial charge in [0.2, 0.25) is 22.1 Å². The predicted octanol–water partition coefficient (Wildman–Crippen LogP) is 2.25. The molecular weight excluding hydrogens is 458 g/mol. The molecular formula is C21H25NO8S2. The van der Waals surface area contributed by atoms with Crippen molar-refractivity contribution in [1.29, 1.82) is 0 Å². The van der Waals surface area contributed by atoms with Gasteiger partial charge in [-0.05, 0) is 41.8 Å². The topological polar surface area (TPSA) is 123 Å². The van der Waals surface area contributed by atoms with Crippen molar-refractivity contribution >= 4 is 27.3 Å². The third-order valence-electron chi connectivity index (χ3n) is 4.87. The van der Waals surface area contributed by atoms with Crippen molar-refractivity contribution in [2.75, 3.05) is 33.4 Å². The van der Waals surface area contributed by atoms with Crippen LogP contribution < -0.4 is 4.74 Å². The minimum atomic E-state index is -3.87. The van der Waals surface area contributed by atoms with E-state index in [9.17, 15) is 23.4 Å². The van der Waals surface area contributed by atoms with Crippen LogP contribution in [0.15, 0.2) is 58.5 Å². The zero-order valence-corrected chi connectivity index (χ0v) is 19.0. The summed E-state index contributed by atoms with van der Waals surface area (Å²) in [5, 5.41) is 20.6. The summed E-state index contributed by atoms with van der Waals surface area (Å²) >= 11 is 1.51. The fourth-order valence-corrected chi connectivity index (χ4v) is 5.48. The minimum absolute atomic E-state index is 0.0371. The SMILES string of the molecule is COc1ccc(S(=O)(=O)N(CCO)CCO[C@H]2C[C@@H](c3cccs3)C=C(C(=O)O)O2)cc1. The molecule has 174 valence electrons. The standard InChI is InChI=1S/C21H25NO8S2/c1-28-16-4-6-17(7-5-16)32(26,27)22(8-10-23)9-11-29-20-14-15(19-3-2-12-31-19)13-18(30-20)21(24)25/h2-7,12-13,15,20,23H,8-11,14H2,1H3,(H,24,25)/t15-,20+/m0/s1. The van der Waals surface area contributed by atoms with Crippen LogP contribution in [0.3, 0.4) is 0 Å². The van der Waals surface area contributed by atoms with Crippen LogP contribution >= 0.6 is 11.3 Å². The molecule has 0 aliphatic carbocycles. The zero-order valence-electron chi connectivity index (χ0n) is 17.4. The Morgan fingerprint density at radius 2 is 2.00 bits per heavy atom. The summed E-state index contributed by atoms with van der Waals surface area (Å²) in [6.07, 6.45) is 1.13. The molecule has 0 amide bonds. The molecule has 2 atom stereocenters. The lowest BCUT2D eigenvalue weighted by Crippen LogP contribution is -2.37. The summed E-state index contributed by atoms with van der Waals surface area (Å²) in [4.78, 5) is 12.5. The number of nitrogens with zero attached hydrogens (tertiary/aromatic N) is 1. The second-order valence-corrected chi connectivity index (χ2v) is 9.83. The van der Waals surface area contributed by atoms with E-state index in [2.05, 4.69) is 0 Å². The molecule has 3 rings (SSSR count). The van der Waals surface area contributed by atoms with E-state index in [1.54, 1.807) is 18.2 Å². The molecule has 1 aromatic carbocycles. The number of aliphatic hydroxyl groups excluding tert-OH is 1. The van der Waals surface area contributed by atoms with Crippen molar-refractivity contribution in [3.63, 3.8) is 0 Å². The summed E-state index contributed by atoms with van der Waals surface area (Å²) < 4.78 is 43.2. The van der Waals surface area contributed by atoms with E-state index >= 15 is 0 Å². The summed E-state index contributed by atoms with van der Waals surface area (Å²) in [5.41, 5.74) is 0. The molecule has 2 heterocycles. The van der Waals surface area contributed by atoms with Gasteiger partial charge in [0.05, 0.1) is 25.2 Å². The van der Waals surface area contributed by atoms with Gasteiger partial charge in [-0.1, -0.05) is 6.07 Å². The van der Waals surface area contributed by atoms with Crippen molar-refractivity contribution in [1.82, 2.24) is 4.31 Å². The first-order valence-corrected chi connectivity index (χ1v) is 12.2. The first-order valence-electron chi connectivity index (χ1n) is 9.87. The average Bonchev–Trinajstić information content (AvgIpc) is 3.33. The Kier molecular flexibility index (Phi) is 8.26. The number of ether oxygens (including phenoxy) is 3. The molecule has 9 nitrogen and oxygen atoms in total. The normalized spacial score (nSPS) is 18.8. The number of hydrogen-bond acceptors (Lipinski definition) is 8.